The molecule has 1 N–H and O–H groups in total. The molecule has 1 aromatic carbocycles. The molecular formula is C34H38N2O6. The fraction of sp³-hybridized carbons (Fsp3) is 0.471. The first-order valence-corrected chi connectivity index (χ1v) is 14.9. The van der Waals surface area contributed by atoms with Crippen LogP contribution in [-0.4, -0.2) is 52.3 Å². The number of aromatic carboxylic acids is 1. The highest BCUT2D eigenvalue weighted by Gasteiger charge is 2.55. The zero-order valence-electron chi connectivity index (χ0n) is 25.2. The van der Waals surface area contributed by atoms with Crippen molar-refractivity contribution in [1.29, 1.82) is 0 Å². The molecule has 1 amide bonds. The van der Waals surface area contributed by atoms with E-state index in [0.29, 0.717) is 59.1 Å². The minimum atomic E-state index is -1.09. The van der Waals surface area contributed by atoms with Gasteiger partial charge in [0.05, 0.1) is 30.3 Å². The van der Waals surface area contributed by atoms with Crippen LogP contribution in [-0.2, 0) is 14.3 Å². The van der Waals surface area contributed by atoms with Gasteiger partial charge in [-0.1, -0.05) is 26.3 Å². The number of hydrogen-bond acceptors (Lipinski definition) is 6. The van der Waals surface area contributed by atoms with Gasteiger partial charge in [0.15, 0.2) is 11.5 Å². The van der Waals surface area contributed by atoms with Gasteiger partial charge in [0.2, 0.25) is 0 Å². The topological polar surface area (TPSA) is 106 Å². The van der Waals surface area contributed by atoms with Gasteiger partial charge in [-0.2, -0.15) is 0 Å². The number of ketones is 1. The number of likely N-dealkylation sites (N-methyl/N-ethyl adjacent to an activating group) is 1. The van der Waals surface area contributed by atoms with Gasteiger partial charge in [-0.3, -0.25) is 9.59 Å². The number of carboxylic acids is 1. The Morgan fingerprint density at radius 1 is 1.14 bits per heavy atom. The minimum absolute atomic E-state index is 0.0112. The van der Waals surface area contributed by atoms with E-state index >= 15 is 0 Å². The van der Waals surface area contributed by atoms with Gasteiger partial charge in [0.1, 0.15) is 17.3 Å². The highest BCUT2D eigenvalue weighted by Crippen LogP contribution is 2.59. The van der Waals surface area contributed by atoms with Crippen LogP contribution in [0.4, 0.5) is 0 Å². The van der Waals surface area contributed by atoms with Crippen molar-refractivity contribution in [2.75, 3.05) is 13.7 Å². The molecule has 8 nitrogen and oxygen atoms in total. The molecule has 6 rings (SSSR count). The fourth-order valence-corrected chi connectivity index (χ4v) is 7.58. The molecule has 42 heavy (non-hydrogen) atoms. The number of methoxy groups -OCH3 is 1. The molecule has 4 aliphatic rings. The van der Waals surface area contributed by atoms with Crippen LogP contribution < -0.4 is 4.74 Å². The van der Waals surface area contributed by atoms with Crippen LogP contribution in [0, 0.1) is 25.2 Å². The van der Waals surface area contributed by atoms with Crippen molar-refractivity contribution in [1.82, 2.24) is 9.88 Å². The van der Waals surface area contributed by atoms with Crippen molar-refractivity contribution >= 4 is 17.7 Å². The number of nitrogens with zero attached hydrogens (tertiary/aromatic N) is 2. The standard InChI is InChI=1S/C34H38N2O6/c1-7-36-30(17(2)3)31-28(32(36)38)27(26-22(37)15-34(13-8-14-34)16-24(26)42-31)25-19(5)20(10-12-23(25)41-6)21-11-9-18(4)29(35-21)33(39)40/h9-12,17,27,30H,7-8,13-16H2,1-6H3,(H,39,40)/t27-,30+/m0/s1. The summed E-state index contributed by atoms with van der Waals surface area (Å²) in [6.45, 7) is 10.3. The molecule has 220 valence electrons. The molecule has 3 heterocycles. The summed E-state index contributed by atoms with van der Waals surface area (Å²) in [6, 6.07) is 7.02. The summed E-state index contributed by atoms with van der Waals surface area (Å²) < 4.78 is 12.6. The summed E-state index contributed by atoms with van der Waals surface area (Å²) in [5.41, 5.74) is 4.31. The molecule has 2 aliphatic carbocycles. The lowest BCUT2D eigenvalue weighted by Crippen LogP contribution is -2.40. The molecule has 8 heteroatoms. The Bertz CT molecular complexity index is 1600. The number of benzene rings is 1. The molecule has 0 saturated heterocycles. The smallest absolute Gasteiger partial charge is 0.354 e. The third-order valence-corrected chi connectivity index (χ3v) is 9.79. The Morgan fingerprint density at radius 3 is 2.48 bits per heavy atom. The Balaban J connectivity index is 1.61. The number of carboxylic acid groups (broad SMARTS) is 1. The number of allylic oxidation sites excluding steroid dienone is 2. The van der Waals surface area contributed by atoms with Crippen LogP contribution in [0.2, 0.25) is 0 Å². The normalized spacial score (nSPS) is 22.8. The van der Waals surface area contributed by atoms with E-state index < -0.39 is 11.9 Å². The quantitative estimate of drug-likeness (QED) is 0.446. The summed E-state index contributed by atoms with van der Waals surface area (Å²) in [5.74, 6) is 0.187. The molecular weight excluding hydrogens is 532 g/mol. The first kappa shape index (κ1) is 28.2. The summed E-state index contributed by atoms with van der Waals surface area (Å²) in [5, 5.41) is 9.73. The molecule has 1 aromatic heterocycles. The lowest BCUT2D eigenvalue weighted by Gasteiger charge is -2.47. The Kier molecular flexibility index (Phi) is 6.78. The van der Waals surface area contributed by atoms with Gasteiger partial charge in [-0.05, 0) is 74.3 Å². The number of hydrogen-bond donors (Lipinski definition) is 1. The van der Waals surface area contributed by atoms with E-state index in [1.807, 2.05) is 30.9 Å². The SMILES string of the molecule is CCN1C(=O)C2=C(OC3=C(C(=O)CC4(CCC4)C3)[C@@H]2c2c(OC)ccc(-c3ccc(C)c(C(=O)O)n3)c2C)[C@H]1C(C)C. The second-order valence-corrected chi connectivity index (χ2v) is 12.6. The summed E-state index contributed by atoms with van der Waals surface area (Å²) >= 11 is 0. The van der Waals surface area contributed by atoms with Crippen LogP contribution in [0.3, 0.4) is 0 Å². The molecule has 1 fully saturated rings. The van der Waals surface area contributed by atoms with Crippen LogP contribution >= 0.6 is 0 Å². The number of carbonyl (C=O) groups excluding carboxylic acids is 2. The summed E-state index contributed by atoms with van der Waals surface area (Å²) in [4.78, 5) is 46.6. The van der Waals surface area contributed by atoms with Crippen LogP contribution in [0.5, 0.6) is 5.75 Å². The lowest BCUT2D eigenvalue weighted by molar-refractivity contribution is -0.127. The number of Topliss-reactive ketones (excluding diaryl/α,β-unsaturated/α-hetero) is 1. The van der Waals surface area contributed by atoms with Gasteiger partial charge >= 0.3 is 5.97 Å². The zero-order chi connectivity index (χ0) is 30.1. The Morgan fingerprint density at radius 2 is 1.88 bits per heavy atom. The number of carbonyl (C=O) groups is 3. The van der Waals surface area contributed by atoms with Crippen molar-refractivity contribution in [2.24, 2.45) is 11.3 Å². The highest BCUT2D eigenvalue weighted by molar-refractivity contribution is 6.07. The predicted octanol–water partition coefficient (Wildman–Crippen LogP) is 6.11. The number of amides is 1. The number of aromatic nitrogens is 1. The van der Waals surface area contributed by atoms with E-state index in [1.165, 1.54) is 0 Å². The average Bonchev–Trinajstić information content (AvgIpc) is 3.22. The number of rotatable bonds is 6. The van der Waals surface area contributed by atoms with Gasteiger partial charge in [-0.15, -0.1) is 0 Å². The minimum Gasteiger partial charge on any atom is -0.496 e. The van der Waals surface area contributed by atoms with Gasteiger partial charge in [0, 0.05) is 36.1 Å². The van der Waals surface area contributed by atoms with E-state index in [2.05, 4.69) is 18.8 Å². The van der Waals surface area contributed by atoms with Crippen molar-refractivity contribution < 1.29 is 29.0 Å². The van der Waals surface area contributed by atoms with E-state index in [1.54, 1.807) is 26.2 Å². The molecule has 1 saturated carbocycles. The molecule has 1 spiro atoms. The lowest BCUT2D eigenvalue weighted by atomic mass is 9.58. The molecule has 0 unspecified atom stereocenters. The second kappa shape index (κ2) is 10.1. The maximum Gasteiger partial charge on any atom is 0.354 e. The van der Waals surface area contributed by atoms with Crippen molar-refractivity contribution in [3.63, 3.8) is 0 Å². The van der Waals surface area contributed by atoms with Crippen molar-refractivity contribution in [2.45, 2.75) is 78.7 Å². The fourth-order valence-electron chi connectivity index (χ4n) is 7.58. The zero-order valence-corrected chi connectivity index (χ0v) is 25.2. The average molecular weight is 571 g/mol. The molecule has 0 bridgehead atoms. The van der Waals surface area contributed by atoms with Crippen molar-refractivity contribution in [3.8, 4) is 17.0 Å². The molecule has 0 radical (unpaired) electrons. The molecule has 2 aliphatic heterocycles. The Hall–Kier alpha value is -3.94. The number of ether oxygens (including phenoxy) is 2. The van der Waals surface area contributed by atoms with Crippen LogP contribution in [0.1, 0.15) is 86.0 Å². The first-order valence-electron chi connectivity index (χ1n) is 14.9. The molecule has 2 aromatic rings. The number of pyridine rings is 1. The van der Waals surface area contributed by atoms with Crippen LogP contribution in [0.25, 0.3) is 11.3 Å². The maximum atomic E-state index is 14.2. The summed E-state index contributed by atoms with van der Waals surface area (Å²) in [7, 11) is 1.59. The van der Waals surface area contributed by atoms with Gasteiger partial charge < -0.3 is 19.5 Å². The first-order chi connectivity index (χ1) is 20.0. The van der Waals surface area contributed by atoms with E-state index in [4.69, 9.17) is 9.47 Å². The van der Waals surface area contributed by atoms with Gasteiger partial charge in [-0.25, -0.2) is 9.78 Å². The monoisotopic (exact) mass is 570 g/mol. The number of aryl methyl sites for hydroxylation is 1. The molecule has 2 atom stereocenters. The second-order valence-electron chi connectivity index (χ2n) is 12.6. The van der Waals surface area contributed by atoms with Crippen LogP contribution in [0.15, 0.2) is 46.9 Å². The largest absolute Gasteiger partial charge is 0.496 e. The van der Waals surface area contributed by atoms with E-state index in [9.17, 15) is 19.5 Å². The van der Waals surface area contributed by atoms with Crippen molar-refractivity contribution in [3.05, 3.63) is 69.3 Å². The highest BCUT2D eigenvalue weighted by atomic mass is 16.5. The van der Waals surface area contributed by atoms with E-state index in [0.717, 1.165) is 36.0 Å². The van der Waals surface area contributed by atoms with E-state index in [-0.39, 0.29) is 34.8 Å². The maximum absolute atomic E-state index is 14.2. The summed E-state index contributed by atoms with van der Waals surface area (Å²) in [6.07, 6.45) is 4.27. The Labute approximate surface area is 246 Å². The van der Waals surface area contributed by atoms with Gasteiger partial charge in [0.25, 0.3) is 5.91 Å². The third-order valence-electron chi connectivity index (χ3n) is 9.79. The third kappa shape index (κ3) is 4.09. The predicted molar refractivity (Wildman–Crippen MR) is 157 cm³/mol.